The minimum Gasteiger partial charge on any atom is -0.352 e. The Bertz CT molecular complexity index is 627. The molecule has 0 radical (unpaired) electrons. The van der Waals surface area contributed by atoms with E-state index in [1.807, 2.05) is 0 Å². The predicted molar refractivity (Wildman–Crippen MR) is 72.9 cm³/mol. The highest BCUT2D eigenvalue weighted by Gasteiger charge is 2.24. The molecule has 0 heterocycles. The molecule has 1 saturated carbocycles. The lowest BCUT2D eigenvalue weighted by Gasteiger charge is -2.09. The van der Waals surface area contributed by atoms with E-state index in [1.54, 1.807) is 0 Å². The van der Waals surface area contributed by atoms with Crippen LogP contribution in [0.5, 0.6) is 0 Å². The summed E-state index contributed by atoms with van der Waals surface area (Å²) in [7, 11) is -3.94. The van der Waals surface area contributed by atoms with Gasteiger partial charge in [-0.05, 0) is 30.9 Å². The molecule has 19 heavy (non-hydrogen) atoms. The van der Waals surface area contributed by atoms with Gasteiger partial charge < -0.3 is 5.32 Å². The first-order valence-corrected chi connectivity index (χ1v) is 7.89. The van der Waals surface area contributed by atoms with Gasteiger partial charge in [0.05, 0.1) is 20.5 Å². The number of carbonyl (C=O) groups excluding carboxylic acids is 1. The summed E-state index contributed by atoms with van der Waals surface area (Å²) in [4.78, 5) is 11.7. The average Bonchev–Trinajstić information content (AvgIpc) is 3.11. The van der Waals surface area contributed by atoms with Crippen molar-refractivity contribution in [3.05, 3.63) is 27.7 Å². The first-order chi connectivity index (χ1) is 8.79. The van der Waals surface area contributed by atoms with Gasteiger partial charge in [0.1, 0.15) is 0 Å². The summed E-state index contributed by atoms with van der Waals surface area (Å²) in [6, 6.07) is 2.25. The van der Waals surface area contributed by atoms with Crippen LogP contribution in [0.3, 0.4) is 0 Å². The molecule has 2 rings (SSSR count). The molecule has 0 unspecified atom stereocenters. The molecule has 0 aromatic heterocycles. The molecular weight excluding hydrogens is 311 g/mol. The van der Waals surface area contributed by atoms with Gasteiger partial charge in [-0.2, -0.15) is 0 Å². The second kappa shape index (κ2) is 5.28. The number of sulfonamides is 1. The van der Waals surface area contributed by atoms with Crippen LogP contribution in [0.15, 0.2) is 17.0 Å². The van der Waals surface area contributed by atoms with E-state index < -0.39 is 15.9 Å². The molecule has 1 amide bonds. The lowest BCUT2D eigenvalue weighted by atomic mass is 10.2. The summed E-state index contributed by atoms with van der Waals surface area (Å²) in [5, 5.41) is 7.70. The number of nitrogens with one attached hydrogen (secondary N) is 1. The minimum absolute atomic E-state index is 0.0128. The number of carbonyl (C=O) groups is 1. The summed E-state index contributed by atoms with van der Waals surface area (Å²) >= 11 is 11.7. The van der Waals surface area contributed by atoms with Gasteiger partial charge >= 0.3 is 0 Å². The second-order valence-electron chi connectivity index (χ2n) is 4.47. The third-order valence-corrected chi connectivity index (χ3v) is 4.52. The number of rotatable bonds is 4. The highest BCUT2D eigenvalue weighted by atomic mass is 35.5. The van der Waals surface area contributed by atoms with E-state index in [0.29, 0.717) is 12.5 Å². The molecule has 1 fully saturated rings. The lowest BCUT2D eigenvalue weighted by Crippen LogP contribution is -2.26. The van der Waals surface area contributed by atoms with Crippen molar-refractivity contribution in [2.45, 2.75) is 17.7 Å². The Morgan fingerprint density at radius 1 is 1.37 bits per heavy atom. The molecule has 1 aliphatic carbocycles. The molecule has 0 bridgehead atoms. The largest absolute Gasteiger partial charge is 0.352 e. The number of benzene rings is 1. The van der Waals surface area contributed by atoms with Gasteiger partial charge in [0, 0.05) is 6.54 Å². The van der Waals surface area contributed by atoms with E-state index in [1.165, 1.54) is 0 Å². The fourth-order valence-electron chi connectivity index (χ4n) is 1.55. The predicted octanol–water partition coefficient (Wildman–Crippen LogP) is 1.78. The van der Waals surface area contributed by atoms with Gasteiger partial charge in [-0.1, -0.05) is 23.2 Å². The van der Waals surface area contributed by atoms with Crippen LogP contribution in [-0.2, 0) is 10.0 Å². The normalized spacial score (nSPS) is 15.3. The Balaban J connectivity index is 2.31. The van der Waals surface area contributed by atoms with E-state index in [9.17, 15) is 13.2 Å². The summed E-state index contributed by atoms with van der Waals surface area (Å²) in [5.74, 6) is 0.0453. The minimum atomic E-state index is -3.94. The molecule has 104 valence electrons. The molecule has 8 heteroatoms. The third kappa shape index (κ3) is 3.60. The van der Waals surface area contributed by atoms with Crippen molar-refractivity contribution >= 4 is 39.1 Å². The topological polar surface area (TPSA) is 89.3 Å². The van der Waals surface area contributed by atoms with Gasteiger partial charge in [0.25, 0.3) is 5.91 Å². The zero-order valence-electron chi connectivity index (χ0n) is 9.82. The maximum atomic E-state index is 11.9. The number of hydrogen-bond acceptors (Lipinski definition) is 3. The molecule has 3 N–H and O–H groups in total. The van der Waals surface area contributed by atoms with Crippen molar-refractivity contribution in [1.82, 2.24) is 5.32 Å². The first kappa shape index (κ1) is 14.6. The van der Waals surface area contributed by atoms with Crippen LogP contribution in [0.1, 0.15) is 23.2 Å². The fraction of sp³-hybridized carbons (Fsp3) is 0.364. The van der Waals surface area contributed by atoms with Gasteiger partial charge in [-0.25, -0.2) is 13.6 Å². The van der Waals surface area contributed by atoms with Crippen molar-refractivity contribution in [1.29, 1.82) is 0 Å². The standard InChI is InChI=1S/C11H12Cl2N2O3S/c12-9-4-7(19(14,17)18)3-8(10(9)13)11(16)15-5-6-1-2-6/h3-4,6H,1-2,5H2,(H,15,16)(H2,14,17,18). The SMILES string of the molecule is NS(=O)(=O)c1cc(Cl)c(Cl)c(C(=O)NCC2CC2)c1. The van der Waals surface area contributed by atoms with Gasteiger partial charge in [0.15, 0.2) is 0 Å². The lowest BCUT2D eigenvalue weighted by molar-refractivity contribution is 0.0951. The van der Waals surface area contributed by atoms with Crippen molar-refractivity contribution in [2.75, 3.05) is 6.54 Å². The molecule has 1 aromatic rings. The van der Waals surface area contributed by atoms with E-state index in [-0.39, 0.29) is 20.5 Å². The van der Waals surface area contributed by atoms with Crippen molar-refractivity contribution < 1.29 is 13.2 Å². The molecule has 0 atom stereocenters. The third-order valence-electron chi connectivity index (χ3n) is 2.82. The summed E-state index contributed by atoms with van der Waals surface area (Å²) in [6.07, 6.45) is 2.18. The zero-order chi connectivity index (χ0) is 14.2. The zero-order valence-corrected chi connectivity index (χ0v) is 12.1. The van der Waals surface area contributed by atoms with E-state index >= 15 is 0 Å². The van der Waals surface area contributed by atoms with Crippen LogP contribution in [0.2, 0.25) is 10.0 Å². The van der Waals surface area contributed by atoms with Gasteiger partial charge in [-0.15, -0.1) is 0 Å². The highest BCUT2D eigenvalue weighted by molar-refractivity contribution is 7.89. The van der Waals surface area contributed by atoms with Crippen LogP contribution in [-0.4, -0.2) is 20.9 Å². The molecule has 0 saturated heterocycles. The quantitative estimate of drug-likeness (QED) is 0.885. The molecule has 1 aliphatic rings. The van der Waals surface area contributed by atoms with Crippen LogP contribution in [0, 0.1) is 5.92 Å². The Kier molecular flexibility index (Phi) is 4.06. The number of primary sulfonamides is 1. The number of nitrogens with two attached hydrogens (primary N) is 1. The number of hydrogen-bond donors (Lipinski definition) is 2. The van der Waals surface area contributed by atoms with Crippen molar-refractivity contribution in [3.63, 3.8) is 0 Å². The summed E-state index contributed by atoms with van der Waals surface area (Å²) in [5.41, 5.74) is 0.0128. The van der Waals surface area contributed by atoms with Gasteiger partial charge in [0.2, 0.25) is 10.0 Å². The molecule has 1 aromatic carbocycles. The molecule has 5 nitrogen and oxygen atoms in total. The van der Waals surface area contributed by atoms with E-state index in [4.69, 9.17) is 28.3 Å². The van der Waals surface area contributed by atoms with Crippen LogP contribution >= 0.6 is 23.2 Å². The summed E-state index contributed by atoms with van der Waals surface area (Å²) in [6.45, 7) is 0.548. The summed E-state index contributed by atoms with van der Waals surface area (Å²) < 4.78 is 22.6. The van der Waals surface area contributed by atoms with Gasteiger partial charge in [-0.3, -0.25) is 4.79 Å². The fourth-order valence-corrected chi connectivity index (χ4v) is 2.59. The second-order valence-corrected chi connectivity index (χ2v) is 6.81. The van der Waals surface area contributed by atoms with Crippen molar-refractivity contribution in [3.8, 4) is 0 Å². The van der Waals surface area contributed by atoms with Crippen LogP contribution in [0.25, 0.3) is 0 Å². The molecular formula is C11H12Cl2N2O3S. The van der Waals surface area contributed by atoms with E-state index in [2.05, 4.69) is 5.32 Å². The van der Waals surface area contributed by atoms with Crippen LogP contribution < -0.4 is 10.5 Å². The monoisotopic (exact) mass is 322 g/mol. The average molecular weight is 323 g/mol. The Morgan fingerprint density at radius 2 is 2.00 bits per heavy atom. The first-order valence-electron chi connectivity index (χ1n) is 5.59. The number of halogens is 2. The highest BCUT2D eigenvalue weighted by Crippen LogP contribution is 2.30. The Labute approximate surface area is 121 Å². The Morgan fingerprint density at radius 3 is 2.53 bits per heavy atom. The molecule has 0 spiro atoms. The smallest absolute Gasteiger partial charge is 0.252 e. The maximum absolute atomic E-state index is 11.9. The Hall–Kier alpha value is -0.820. The van der Waals surface area contributed by atoms with E-state index in [0.717, 1.165) is 25.0 Å². The van der Waals surface area contributed by atoms with Crippen LogP contribution in [0.4, 0.5) is 0 Å². The number of amides is 1. The maximum Gasteiger partial charge on any atom is 0.252 e. The molecule has 0 aliphatic heterocycles. The van der Waals surface area contributed by atoms with Crippen molar-refractivity contribution in [2.24, 2.45) is 11.1 Å².